The van der Waals surface area contributed by atoms with Gasteiger partial charge < -0.3 is 15.0 Å². The summed E-state index contributed by atoms with van der Waals surface area (Å²) in [6.07, 6.45) is 0. The lowest BCUT2D eigenvalue weighted by Crippen LogP contribution is -2.25. The Bertz CT molecular complexity index is 592. The summed E-state index contributed by atoms with van der Waals surface area (Å²) in [4.78, 5) is 11.5. The molecule has 0 fully saturated rings. The lowest BCUT2D eigenvalue weighted by atomic mass is 10.2. The van der Waals surface area contributed by atoms with Gasteiger partial charge in [0.15, 0.2) is 0 Å². The van der Waals surface area contributed by atoms with Crippen LogP contribution in [-0.4, -0.2) is 17.6 Å². The van der Waals surface area contributed by atoms with E-state index in [1.54, 1.807) is 0 Å². The van der Waals surface area contributed by atoms with E-state index in [4.69, 9.17) is 17.3 Å². The van der Waals surface area contributed by atoms with Crippen molar-refractivity contribution in [3.63, 3.8) is 0 Å². The first-order valence-electron chi connectivity index (χ1n) is 5.70. The van der Waals surface area contributed by atoms with Crippen LogP contribution in [0.2, 0.25) is 5.02 Å². The fourth-order valence-corrected chi connectivity index (χ4v) is 2.27. The van der Waals surface area contributed by atoms with Crippen molar-refractivity contribution < 1.29 is 9.53 Å². The number of hydrogen-bond acceptors (Lipinski definition) is 3. The lowest BCUT2D eigenvalue weighted by molar-refractivity contribution is -0.142. The molecule has 0 aliphatic heterocycles. The van der Waals surface area contributed by atoms with Gasteiger partial charge in [-0.2, -0.15) is 0 Å². The minimum atomic E-state index is -0.777. The predicted octanol–water partition coefficient (Wildman–Crippen LogP) is 2.49. The molecule has 0 radical (unpaired) electrons. The molecule has 0 amide bonds. The third-order valence-corrected chi connectivity index (χ3v) is 3.22. The average Bonchev–Trinajstić information content (AvgIpc) is 2.74. The summed E-state index contributed by atoms with van der Waals surface area (Å²) in [5.41, 5.74) is 7.61. The molecule has 0 saturated heterocycles. The van der Waals surface area contributed by atoms with E-state index < -0.39 is 12.0 Å². The number of rotatable bonds is 3. The van der Waals surface area contributed by atoms with Crippen molar-refractivity contribution in [2.45, 2.75) is 19.5 Å². The van der Waals surface area contributed by atoms with Gasteiger partial charge in [-0.3, -0.25) is 0 Å². The van der Waals surface area contributed by atoms with Gasteiger partial charge in [0, 0.05) is 28.2 Å². The molecule has 1 atom stereocenters. The number of aryl methyl sites for hydroxylation is 1. The third-order valence-electron chi connectivity index (χ3n) is 2.99. The fraction of sp³-hybridized carbons (Fsp3) is 0.308. The average molecular weight is 267 g/mol. The van der Waals surface area contributed by atoms with E-state index in [1.165, 1.54) is 7.11 Å². The standard InChI is InChI=1S/C13H15ClN2O2/c1-3-16-10-7-9(14)5-4-8(10)6-11(16)12(15)13(17)18-2/h4-7,12H,3,15H2,1-2H3. The second kappa shape index (κ2) is 5.00. The second-order valence-corrected chi connectivity index (χ2v) is 4.45. The molecule has 0 saturated carbocycles. The van der Waals surface area contributed by atoms with Crippen LogP contribution in [-0.2, 0) is 16.1 Å². The monoisotopic (exact) mass is 266 g/mol. The number of aromatic nitrogens is 1. The summed E-state index contributed by atoms with van der Waals surface area (Å²) in [5, 5.41) is 1.67. The van der Waals surface area contributed by atoms with Crippen LogP contribution in [0.3, 0.4) is 0 Å². The summed E-state index contributed by atoms with van der Waals surface area (Å²) >= 11 is 5.99. The number of nitrogens with two attached hydrogens (primary N) is 1. The molecule has 5 heteroatoms. The number of esters is 1. The zero-order valence-corrected chi connectivity index (χ0v) is 11.1. The molecule has 1 aromatic heterocycles. The van der Waals surface area contributed by atoms with Gasteiger partial charge in [-0.05, 0) is 25.1 Å². The highest BCUT2D eigenvalue weighted by Gasteiger charge is 2.21. The van der Waals surface area contributed by atoms with Crippen molar-refractivity contribution >= 4 is 28.5 Å². The molecule has 2 aromatic rings. The molecule has 18 heavy (non-hydrogen) atoms. The van der Waals surface area contributed by atoms with Crippen molar-refractivity contribution in [2.24, 2.45) is 5.73 Å². The van der Waals surface area contributed by atoms with E-state index in [0.29, 0.717) is 11.6 Å². The lowest BCUT2D eigenvalue weighted by Gasteiger charge is -2.13. The topological polar surface area (TPSA) is 57.2 Å². The number of carbonyl (C=O) groups is 1. The number of ether oxygens (including phenoxy) is 1. The first kappa shape index (κ1) is 12.9. The highest BCUT2D eigenvalue weighted by Crippen LogP contribution is 2.26. The normalized spacial score (nSPS) is 12.7. The summed E-state index contributed by atoms with van der Waals surface area (Å²) in [5.74, 6) is -0.446. The second-order valence-electron chi connectivity index (χ2n) is 4.02. The maximum Gasteiger partial charge on any atom is 0.328 e. The van der Waals surface area contributed by atoms with Crippen LogP contribution in [0.4, 0.5) is 0 Å². The van der Waals surface area contributed by atoms with Gasteiger partial charge in [0.2, 0.25) is 0 Å². The quantitative estimate of drug-likeness (QED) is 0.869. The smallest absolute Gasteiger partial charge is 0.328 e. The molecule has 0 bridgehead atoms. The highest BCUT2D eigenvalue weighted by atomic mass is 35.5. The van der Waals surface area contributed by atoms with Gasteiger partial charge in [-0.15, -0.1) is 0 Å². The Morgan fingerprint density at radius 3 is 2.83 bits per heavy atom. The minimum Gasteiger partial charge on any atom is -0.468 e. The number of hydrogen-bond donors (Lipinski definition) is 1. The zero-order valence-electron chi connectivity index (χ0n) is 10.3. The van der Waals surface area contributed by atoms with E-state index >= 15 is 0 Å². The first-order valence-corrected chi connectivity index (χ1v) is 6.08. The van der Waals surface area contributed by atoms with E-state index in [2.05, 4.69) is 4.74 Å². The molecule has 1 unspecified atom stereocenters. The number of nitrogens with zero attached hydrogens (tertiary/aromatic N) is 1. The van der Waals surface area contributed by atoms with E-state index in [1.807, 2.05) is 35.8 Å². The largest absolute Gasteiger partial charge is 0.468 e. The van der Waals surface area contributed by atoms with Gasteiger partial charge in [-0.1, -0.05) is 17.7 Å². The molecule has 0 spiro atoms. The molecule has 1 heterocycles. The van der Waals surface area contributed by atoms with E-state index in [-0.39, 0.29) is 0 Å². The highest BCUT2D eigenvalue weighted by molar-refractivity contribution is 6.31. The van der Waals surface area contributed by atoms with Crippen molar-refractivity contribution in [3.8, 4) is 0 Å². The minimum absolute atomic E-state index is 0.446. The number of fused-ring (bicyclic) bond motifs is 1. The van der Waals surface area contributed by atoms with Gasteiger partial charge in [-0.25, -0.2) is 4.79 Å². The summed E-state index contributed by atoms with van der Waals surface area (Å²) in [6, 6.07) is 6.72. The Morgan fingerprint density at radius 2 is 2.22 bits per heavy atom. The molecular weight excluding hydrogens is 252 g/mol. The van der Waals surface area contributed by atoms with E-state index in [9.17, 15) is 4.79 Å². The van der Waals surface area contributed by atoms with Crippen molar-refractivity contribution in [2.75, 3.05) is 7.11 Å². The maximum atomic E-state index is 11.5. The van der Waals surface area contributed by atoms with Crippen LogP contribution in [0.1, 0.15) is 18.7 Å². The van der Waals surface area contributed by atoms with E-state index in [0.717, 1.165) is 16.6 Å². The van der Waals surface area contributed by atoms with Crippen LogP contribution in [0.25, 0.3) is 10.9 Å². The van der Waals surface area contributed by atoms with Gasteiger partial charge in [0.25, 0.3) is 0 Å². The zero-order chi connectivity index (χ0) is 13.3. The summed E-state index contributed by atoms with van der Waals surface area (Å²) in [7, 11) is 1.33. The van der Waals surface area contributed by atoms with Crippen molar-refractivity contribution in [1.29, 1.82) is 0 Å². The van der Waals surface area contributed by atoms with Crippen LogP contribution in [0, 0.1) is 0 Å². The van der Waals surface area contributed by atoms with Crippen LogP contribution in [0.15, 0.2) is 24.3 Å². The third kappa shape index (κ3) is 2.09. The molecule has 0 aliphatic rings. The Hall–Kier alpha value is -1.52. The molecule has 4 nitrogen and oxygen atoms in total. The Labute approximate surface area is 110 Å². The van der Waals surface area contributed by atoms with Gasteiger partial charge in [0.05, 0.1) is 7.11 Å². The first-order chi connectivity index (χ1) is 8.58. The van der Waals surface area contributed by atoms with Crippen molar-refractivity contribution in [1.82, 2.24) is 4.57 Å². The van der Waals surface area contributed by atoms with Crippen LogP contribution >= 0.6 is 11.6 Å². The van der Waals surface area contributed by atoms with Crippen LogP contribution in [0.5, 0.6) is 0 Å². The molecule has 2 N–H and O–H groups in total. The summed E-state index contributed by atoms with van der Waals surface area (Å²) < 4.78 is 6.66. The number of methoxy groups -OCH3 is 1. The molecular formula is C13H15ClN2O2. The van der Waals surface area contributed by atoms with Crippen molar-refractivity contribution in [3.05, 3.63) is 35.0 Å². The summed E-state index contributed by atoms with van der Waals surface area (Å²) in [6.45, 7) is 2.71. The molecule has 2 rings (SSSR count). The number of halogens is 1. The maximum absolute atomic E-state index is 11.5. The molecule has 96 valence electrons. The Kier molecular flexibility index (Phi) is 3.59. The molecule has 0 aliphatic carbocycles. The Morgan fingerprint density at radius 1 is 1.50 bits per heavy atom. The number of carbonyl (C=O) groups excluding carboxylic acids is 1. The molecule has 1 aromatic carbocycles. The Balaban J connectivity index is 2.60. The number of benzene rings is 1. The van der Waals surface area contributed by atoms with Gasteiger partial charge >= 0.3 is 5.97 Å². The predicted molar refractivity (Wildman–Crippen MR) is 71.6 cm³/mol. The van der Waals surface area contributed by atoms with Crippen LogP contribution < -0.4 is 5.73 Å². The fourth-order valence-electron chi connectivity index (χ4n) is 2.11. The SMILES string of the molecule is CCn1c(C(N)C(=O)OC)cc2ccc(Cl)cc21. The van der Waals surface area contributed by atoms with Gasteiger partial charge in [0.1, 0.15) is 6.04 Å².